The van der Waals surface area contributed by atoms with E-state index in [0.717, 1.165) is 6.42 Å². The fourth-order valence-electron chi connectivity index (χ4n) is 1.67. The molecular formula is C11H19Cl2NO3. The normalized spacial score (nSPS) is 25.4. The van der Waals surface area contributed by atoms with E-state index in [1.54, 1.807) is 4.90 Å². The Hall–Kier alpha value is -0.0300. The molecule has 1 aliphatic heterocycles. The van der Waals surface area contributed by atoms with Gasteiger partial charge in [0.15, 0.2) is 11.1 Å². The average Bonchev–Trinajstić information content (AvgIpc) is 2.24. The van der Waals surface area contributed by atoms with Gasteiger partial charge >= 0.3 is 0 Å². The van der Waals surface area contributed by atoms with Gasteiger partial charge in [0.25, 0.3) is 5.91 Å². The number of rotatable bonds is 4. The summed E-state index contributed by atoms with van der Waals surface area (Å²) in [6.45, 7) is 6.80. The van der Waals surface area contributed by atoms with Crippen molar-refractivity contribution in [1.29, 1.82) is 0 Å². The van der Waals surface area contributed by atoms with Crippen molar-refractivity contribution in [2.75, 3.05) is 13.2 Å². The predicted octanol–water partition coefficient (Wildman–Crippen LogP) is 2.18. The fraction of sp³-hybridized carbons (Fsp3) is 0.909. The van der Waals surface area contributed by atoms with Gasteiger partial charge in [0, 0.05) is 6.04 Å². The summed E-state index contributed by atoms with van der Waals surface area (Å²) in [6, 6.07) is 0.00642. The van der Waals surface area contributed by atoms with Gasteiger partial charge < -0.3 is 14.4 Å². The molecule has 0 aliphatic carbocycles. The molecule has 1 heterocycles. The molecule has 6 heteroatoms. The summed E-state index contributed by atoms with van der Waals surface area (Å²) in [7, 11) is 0. The third-order valence-electron chi connectivity index (χ3n) is 2.65. The number of alkyl halides is 2. The third-order valence-corrected chi connectivity index (χ3v) is 3.02. The maximum atomic E-state index is 11.8. The van der Waals surface area contributed by atoms with Crippen LogP contribution in [0.1, 0.15) is 27.2 Å². The molecule has 100 valence electrons. The number of carbonyl (C=O) groups excluding carboxylic acids is 1. The number of hydrogen-bond acceptors (Lipinski definition) is 3. The summed E-state index contributed by atoms with van der Waals surface area (Å²) in [4.78, 5) is 12.3. The first kappa shape index (κ1) is 15.0. The van der Waals surface area contributed by atoms with Crippen LogP contribution in [0.2, 0.25) is 0 Å². The van der Waals surface area contributed by atoms with E-state index in [1.807, 2.05) is 20.8 Å². The number of carbonyl (C=O) groups is 1. The van der Waals surface area contributed by atoms with E-state index in [4.69, 9.17) is 32.7 Å². The molecular weight excluding hydrogens is 265 g/mol. The molecule has 2 atom stereocenters. The number of nitrogens with zero attached hydrogens (tertiary/aromatic N) is 1. The first-order chi connectivity index (χ1) is 7.91. The molecule has 1 aliphatic rings. The second-order valence-electron chi connectivity index (χ2n) is 4.42. The van der Waals surface area contributed by atoms with E-state index in [2.05, 4.69) is 0 Å². The maximum Gasteiger partial charge on any atom is 0.256 e. The maximum absolute atomic E-state index is 11.8. The van der Waals surface area contributed by atoms with Crippen molar-refractivity contribution in [2.45, 2.75) is 50.5 Å². The lowest BCUT2D eigenvalue weighted by atomic mass is 10.2. The van der Waals surface area contributed by atoms with Gasteiger partial charge in [-0.2, -0.15) is 0 Å². The van der Waals surface area contributed by atoms with E-state index in [1.165, 1.54) is 0 Å². The lowest BCUT2D eigenvalue weighted by Crippen LogP contribution is -2.47. The Morgan fingerprint density at radius 3 is 2.59 bits per heavy atom. The van der Waals surface area contributed by atoms with Gasteiger partial charge in [-0.05, 0) is 27.2 Å². The van der Waals surface area contributed by atoms with Crippen molar-refractivity contribution >= 4 is 29.1 Å². The van der Waals surface area contributed by atoms with Crippen molar-refractivity contribution in [3.05, 3.63) is 0 Å². The van der Waals surface area contributed by atoms with Gasteiger partial charge in [-0.3, -0.25) is 4.79 Å². The smallest absolute Gasteiger partial charge is 0.256 e. The summed E-state index contributed by atoms with van der Waals surface area (Å²) >= 11 is 11.2. The molecule has 1 fully saturated rings. The highest BCUT2D eigenvalue weighted by molar-refractivity contribution is 6.53. The Labute approximate surface area is 112 Å². The summed E-state index contributed by atoms with van der Waals surface area (Å²) < 4.78 is 11.1. The van der Waals surface area contributed by atoms with E-state index < -0.39 is 11.1 Å². The number of halogens is 2. The molecule has 0 bridgehead atoms. The molecule has 2 unspecified atom stereocenters. The standard InChI is InChI=1S/C11H19Cl2NO3/c1-7(2)14(11(15)10(12)13)6-9-16-5-4-8(3)17-9/h7-10H,4-6H2,1-3H3. The van der Waals surface area contributed by atoms with Crippen LogP contribution < -0.4 is 0 Å². The Kier molecular flexibility index (Phi) is 6.00. The van der Waals surface area contributed by atoms with Gasteiger partial charge in [0.1, 0.15) is 0 Å². The van der Waals surface area contributed by atoms with Crippen LogP contribution >= 0.6 is 23.2 Å². The number of ether oxygens (including phenoxy) is 2. The van der Waals surface area contributed by atoms with E-state index in [9.17, 15) is 4.79 Å². The largest absolute Gasteiger partial charge is 0.351 e. The predicted molar refractivity (Wildman–Crippen MR) is 67.2 cm³/mol. The minimum atomic E-state index is -1.04. The molecule has 4 nitrogen and oxygen atoms in total. The van der Waals surface area contributed by atoms with E-state index in [-0.39, 0.29) is 18.1 Å². The zero-order valence-corrected chi connectivity index (χ0v) is 11.9. The van der Waals surface area contributed by atoms with Crippen LogP contribution in [-0.2, 0) is 14.3 Å². The van der Waals surface area contributed by atoms with E-state index in [0.29, 0.717) is 13.2 Å². The second-order valence-corrected chi connectivity index (χ2v) is 5.52. The summed E-state index contributed by atoms with van der Waals surface area (Å²) in [5.41, 5.74) is 0. The molecule has 1 rings (SSSR count). The molecule has 1 amide bonds. The van der Waals surface area contributed by atoms with Crippen LogP contribution in [0.25, 0.3) is 0 Å². The summed E-state index contributed by atoms with van der Waals surface area (Å²) in [6.07, 6.45) is 0.637. The lowest BCUT2D eigenvalue weighted by molar-refractivity contribution is -0.215. The van der Waals surface area contributed by atoms with Crippen molar-refractivity contribution in [3.8, 4) is 0 Å². The van der Waals surface area contributed by atoms with Gasteiger partial charge in [-0.15, -0.1) is 0 Å². The summed E-state index contributed by atoms with van der Waals surface area (Å²) in [5.74, 6) is -0.311. The monoisotopic (exact) mass is 283 g/mol. The molecule has 0 radical (unpaired) electrons. The number of hydrogen-bond donors (Lipinski definition) is 0. The Morgan fingerprint density at radius 2 is 2.12 bits per heavy atom. The van der Waals surface area contributed by atoms with Crippen LogP contribution in [-0.4, -0.2) is 47.2 Å². The van der Waals surface area contributed by atoms with Gasteiger partial charge in [0.2, 0.25) is 0 Å². The molecule has 17 heavy (non-hydrogen) atoms. The fourth-order valence-corrected chi connectivity index (χ4v) is 1.92. The highest BCUT2D eigenvalue weighted by Crippen LogP contribution is 2.16. The van der Waals surface area contributed by atoms with E-state index >= 15 is 0 Å². The quantitative estimate of drug-likeness (QED) is 0.743. The van der Waals surface area contributed by atoms with Crippen molar-refractivity contribution in [1.82, 2.24) is 4.90 Å². The molecule has 0 spiro atoms. The highest BCUT2D eigenvalue weighted by atomic mass is 35.5. The molecule has 0 N–H and O–H groups in total. The first-order valence-electron chi connectivity index (χ1n) is 5.77. The van der Waals surface area contributed by atoms with Crippen LogP contribution in [0.15, 0.2) is 0 Å². The van der Waals surface area contributed by atoms with Crippen LogP contribution in [0.5, 0.6) is 0 Å². The Bertz CT molecular complexity index is 261. The summed E-state index contributed by atoms with van der Waals surface area (Å²) in [5, 5.41) is 0. The van der Waals surface area contributed by atoms with Gasteiger partial charge in [-0.25, -0.2) is 0 Å². The molecule has 0 aromatic heterocycles. The Morgan fingerprint density at radius 1 is 1.47 bits per heavy atom. The zero-order chi connectivity index (χ0) is 13.0. The van der Waals surface area contributed by atoms with Gasteiger partial charge in [-0.1, -0.05) is 23.2 Å². The average molecular weight is 284 g/mol. The van der Waals surface area contributed by atoms with Gasteiger partial charge in [0.05, 0.1) is 19.3 Å². The topological polar surface area (TPSA) is 38.8 Å². The molecule has 0 aromatic carbocycles. The SMILES string of the molecule is CC1CCOC(CN(C(=O)C(Cl)Cl)C(C)C)O1. The molecule has 0 saturated carbocycles. The van der Waals surface area contributed by atoms with Crippen LogP contribution in [0.3, 0.4) is 0 Å². The minimum absolute atomic E-state index is 0.00642. The first-order valence-corrected chi connectivity index (χ1v) is 6.64. The Balaban J connectivity index is 2.57. The van der Waals surface area contributed by atoms with Crippen molar-refractivity contribution in [3.63, 3.8) is 0 Å². The van der Waals surface area contributed by atoms with Crippen LogP contribution in [0, 0.1) is 0 Å². The third kappa shape index (κ3) is 4.62. The number of amides is 1. The lowest BCUT2D eigenvalue weighted by Gasteiger charge is -2.34. The zero-order valence-electron chi connectivity index (χ0n) is 10.4. The molecule has 1 saturated heterocycles. The van der Waals surface area contributed by atoms with Crippen LogP contribution in [0.4, 0.5) is 0 Å². The minimum Gasteiger partial charge on any atom is -0.351 e. The highest BCUT2D eigenvalue weighted by Gasteiger charge is 2.28. The van der Waals surface area contributed by atoms with Crippen molar-refractivity contribution in [2.24, 2.45) is 0 Å². The molecule has 0 aromatic rings. The second kappa shape index (κ2) is 6.78. The van der Waals surface area contributed by atoms with Crippen molar-refractivity contribution < 1.29 is 14.3 Å².